The molecule has 3 aromatic rings. The van der Waals surface area contributed by atoms with Crippen LogP contribution in [0.1, 0.15) is 25.8 Å². The van der Waals surface area contributed by atoms with Crippen LogP contribution < -0.4 is 10.3 Å². The molecule has 0 bridgehead atoms. The van der Waals surface area contributed by atoms with Crippen LogP contribution in [-0.4, -0.2) is 28.9 Å². The van der Waals surface area contributed by atoms with Gasteiger partial charge < -0.3 is 14.3 Å². The average molecular weight is 438 g/mol. The fourth-order valence-electron chi connectivity index (χ4n) is 3.34. The molecule has 0 saturated heterocycles. The summed E-state index contributed by atoms with van der Waals surface area (Å²) in [7, 11) is -1.94. The summed E-state index contributed by atoms with van der Waals surface area (Å²) in [5, 5.41) is 0.113. The first-order valence-electron chi connectivity index (χ1n) is 9.91. The molecule has 1 N–H and O–H groups in total. The Morgan fingerprint density at radius 2 is 1.90 bits per heavy atom. The summed E-state index contributed by atoms with van der Waals surface area (Å²) in [4.78, 5) is 15.5. The number of hydrogen-bond acceptors (Lipinski definition) is 4. The summed E-state index contributed by atoms with van der Waals surface area (Å²) in [6.07, 6.45) is 7.30. The molecule has 1 aliphatic rings. The van der Waals surface area contributed by atoms with E-state index in [0.29, 0.717) is 34.7 Å². The van der Waals surface area contributed by atoms with Crippen LogP contribution in [-0.2, 0) is 17.1 Å². The number of aryl methyl sites for hydroxylation is 1. The lowest BCUT2D eigenvalue weighted by Crippen LogP contribution is -2.19. The molecule has 0 fully saturated rings. The van der Waals surface area contributed by atoms with Crippen LogP contribution in [0.25, 0.3) is 16.5 Å². The molecule has 160 valence electrons. The van der Waals surface area contributed by atoms with Crippen molar-refractivity contribution in [3.63, 3.8) is 0 Å². The van der Waals surface area contributed by atoms with E-state index in [1.54, 1.807) is 39.4 Å². The third kappa shape index (κ3) is 4.11. The van der Waals surface area contributed by atoms with Gasteiger partial charge in [0, 0.05) is 42.4 Å². The van der Waals surface area contributed by atoms with Gasteiger partial charge in [-0.1, -0.05) is 18.2 Å². The Morgan fingerprint density at radius 3 is 2.61 bits per heavy atom. The van der Waals surface area contributed by atoms with E-state index in [-0.39, 0.29) is 5.56 Å². The van der Waals surface area contributed by atoms with Crippen molar-refractivity contribution in [3.05, 3.63) is 82.6 Å². The van der Waals surface area contributed by atoms with E-state index in [0.717, 1.165) is 10.9 Å². The molecule has 0 amide bonds. The summed E-state index contributed by atoms with van der Waals surface area (Å²) >= 11 is 0. The Morgan fingerprint density at radius 1 is 1.16 bits per heavy atom. The molecule has 0 spiro atoms. The quantitative estimate of drug-likeness (QED) is 0.657. The van der Waals surface area contributed by atoms with Crippen molar-refractivity contribution in [3.8, 4) is 5.75 Å². The van der Waals surface area contributed by atoms with Crippen LogP contribution in [0.5, 0.6) is 5.75 Å². The molecule has 2 heterocycles. The number of benzene rings is 1. The number of allylic oxidation sites excluding steroid dienone is 3. The molecule has 8 heteroatoms. The predicted molar refractivity (Wildman–Crippen MR) is 123 cm³/mol. The molecule has 0 saturated carbocycles. The fourth-order valence-corrected chi connectivity index (χ4v) is 4.01. The number of para-hydroxylation sites is 1. The zero-order valence-corrected chi connectivity index (χ0v) is 18.3. The second-order valence-electron chi connectivity index (χ2n) is 7.62. The van der Waals surface area contributed by atoms with E-state index in [4.69, 9.17) is 4.74 Å². The molecular formula is C23H23N3O4S. The summed E-state index contributed by atoms with van der Waals surface area (Å²) in [5.41, 5.74) is 2.15. The second-order valence-corrected chi connectivity index (χ2v) is 9.77. The summed E-state index contributed by atoms with van der Waals surface area (Å²) in [5.74, 6) is 1.23. The SMILES string of the molecule is CC(C)S(=O)(=O)N=C1C=C(c2cn(C)c(=O)c3[nH]ccc23)C(Oc2ccccc2)=CC1. The van der Waals surface area contributed by atoms with Crippen LogP contribution in [0.15, 0.2) is 75.9 Å². The maximum absolute atomic E-state index is 12.5. The third-order valence-electron chi connectivity index (χ3n) is 5.07. The molecule has 7 nitrogen and oxygen atoms in total. The van der Waals surface area contributed by atoms with Crippen molar-refractivity contribution < 1.29 is 13.2 Å². The highest BCUT2D eigenvalue weighted by Gasteiger charge is 2.22. The maximum Gasteiger partial charge on any atom is 0.274 e. The lowest BCUT2D eigenvalue weighted by atomic mass is 9.95. The molecule has 0 radical (unpaired) electrons. The number of hydrogen-bond donors (Lipinski definition) is 1. The lowest BCUT2D eigenvalue weighted by molar-refractivity contribution is 0.447. The first-order valence-corrected chi connectivity index (χ1v) is 11.4. The Bertz CT molecular complexity index is 1390. The molecular weight excluding hydrogens is 414 g/mol. The number of pyridine rings is 1. The van der Waals surface area contributed by atoms with E-state index in [1.807, 2.05) is 42.5 Å². The number of nitrogens with zero attached hydrogens (tertiary/aromatic N) is 2. The Kier molecular flexibility index (Phi) is 5.41. The van der Waals surface area contributed by atoms with E-state index in [1.165, 1.54) is 4.57 Å². The number of ether oxygens (including phenoxy) is 1. The highest BCUT2D eigenvalue weighted by Crippen LogP contribution is 2.33. The maximum atomic E-state index is 12.5. The minimum atomic E-state index is -3.61. The van der Waals surface area contributed by atoms with Gasteiger partial charge in [-0.3, -0.25) is 4.79 Å². The highest BCUT2D eigenvalue weighted by molar-refractivity contribution is 7.90. The van der Waals surface area contributed by atoms with Gasteiger partial charge in [-0.25, -0.2) is 8.42 Å². The van der Waals surface area contributed by atoms with Crippen molar-refractivity contribution in [2.75, 3.05) is 0 Å². The number of fused-ring (bicyclic) bond motifs is 1. The lowest BCUT2D eigenvalue weighted by Gasteiger charge is -2.20. The number of aromatic nitrogens is 2. The van der Waals surface area contributed by atoms with Gasteiger partial charge in [0.1, 0.15) is 17.0 Å². The number of H-pyrrole nitrogens is 1. The zero-order chi connectivity index (χ0) is 22.2. The number of aromatic amines is 1. The van der Waals surface area contributed by atoms with Crippen molar-refractivity contribution >= 4 is 32.2 Å². The largest absolute Gasteiger partial charge is 0.457 e. The van der Waals surface area contributed by atoms with Crippen LogP contribution in [0, 0.1) is 0 Å². The second kappa shape index (κ2) is 8.03. The molecule has 0 atom stereocenters. The van der Waals surface area contributed by atoms with Gasteiger partial charge in [0.25, 0.3) is 15.6 Å². The minimum absolute atomic E-state index is 0.147. The minimum Gasteiger partial charge on any atom is -0.457 e. The van der Waals surface area contributed by atoms with Crippen LogP contribution in [0.2, 0.25) is 0 Å². The van der Waals surface area contributed by atoms with Crippen LogP contribution in [0.3, 0.4) is 0 Å². The van der Waals surface area contributed by atoms with E-state index < -0.39 is 15.3 Å². The standard InChI is InChI=1S/C23H23N3O4S/c1-15(2)31(28,29)25-16-9-10-21(30-17-7-5-4-6-8-17)19(13-16)20-14-26(3)23(27)22-18(20)11-12-24-22/h4-8,10-15,24H,9H2,1-3H3. The number of rotatable bonds is 5. The molecule has 4 rings (SSSR count). The molecule has 1 aliphatic carbocycles. The molecule has 31 heavy (non-hydrogen) atoms. The van der Waals surface area contributed by atoms with Gasteiger partial charge in [-0.2, -0.15) is 4.40 Å². The highest BCUT2D eigenvalue weighted by atomic mass is 32.2. The van der Waals surface area contributed by atoms with Gasteiger partial charge in [0.15, 0.2) is 0 Å². The zero-order valence-electron chi connectivity index (χ0n) is 17.5. The summed E-state index contributed by atoms with van der Waals surface area (Å²) in [6, 6.07) is 11.2. The predicted octanol–water partition coefficient (Wildman–Crippen LogP) is 3.80. The smallest absolute Gasteiger partial charge is 0.274 e. The monoisotopic (exact) mass is 437 g/mol. The van der Waals surface area contributed by atoms with Crippen LogP contribution in [0.4, 0.5) is 0 Å². The first kappa shape index (κ1) is 20.9. The van der Waals surface area contributed by atoms with Gasteiger partial charge in [-0.15, -0.1) is 0 Å². The van der Waals surface area contributed by atoms with E-state index >= 15 is 0 Å². The van der Waals surface area contributed by atoms with Crippen molar-refractivity contribution in [1.82, 2.24) is 9.55 Å². The van der Waals surface area contributed by atoms with Crippen LogP contribution >= 0.6 is 0 Å². The number of nitrogens with one attached hydrogen (secondary N) is 1. The Balaban J connectivity index is 1.89. The summed E-state index contributed by atoms with van der Waals surface area (Å²) < 4.78 is 36.4. The van der Waals surface area contributed by atoms with Gasteiger partial charge in [-0.05, 0) is 44.2 Å². The summed E-state index contributed by atoms with van der Waals surface area (Å²) in [6.45, 7) is 3.20. The Hall–Kier alpha value is -3.39. The normalized spacial score (nSPS) is 15.9. The first-order chi connectivity index (χ1) is 14.8. The average Bonchev–Trinajstić information content (AvgIpc) is 3.22. The topological polar surface area (TPSA) is 93.5 Å². The molecule has 2 aromatic heterocycles. The van der Waals surface area contributed by atoms with E-state index in [9.17, 15) is 13.2 Å². The molecule has 1 aromatic carbocycles. The number of sulfonamides is 1. The van der Waals surface area contributed by atoms with E-state index in [2.05, 4.69) is 9.38 Å². The van der Waals surface area contributed by atoms with Crippen molar-refractivity contribution in [1.29, 1.82) is 0 Å². The van der Waals surface area contributed by atoms with Gasteiger partial charge >= 0.3 is 0 Å². The fraction of sp³-hybridized carbons (Fsp3) is 0.217. The third-order valence-corrected chi connectivity index (χ3v) is 6.75. The Labute approximate surface area is 180 Å². The molecule has 0 unspecified atom stereocenters. The van der Waals surface area contributed by atoms with Crippen molar-refractivity contribution in [2.45, 2.75) is 25.5 Å². The molecule has 0 aliphatic heterocycles. The van der Waals surface area contributed by atoms with Gasteiger partial charge in [0.2, 0.25) is 0 Å². The van der Waals surface area contributed by atoms with Crippen molar-refractivity contribution in [2.24, 2.45) is 11.4 Å². The van der Waals surface area contributed by atoms with Gasteiger partial charge in [0.05, 0.1) is 11.0 Å².